The van der Waals surface area contributed by atoms with Crippen molar-refractivity contribution in [2.75, 3.05) is 13.2 Å². The predicted molar refractivity (Wildman–Crippen MR) is 111 cm³/mol. The molecule has 0 saturated heterocycles. The van der Waals surface area contributed by atoms with E-state index in [0.717, 1.165) is 17.5 Å². The third kappa shape index (κ3) is 4.43. The van der Waals surface area contributed by atoms with Crippen LogP contribution in [0.4, 0.5) is 0 Å². The van der Waals surface area contributed by atoms with Gasteiger partial charge in [0.1, 0.15) is 5.56 Å². The van der Waals surface area contributed by atoms with Gasteiger partial charge in [0.05, 0.1) is 13.2 Å². The zero-order valence-electron chi connectivity index (χ0n) is 15.5. The molecule has 0 aliphatic carbocycles. The number of carbonyl (C=O) groups is 1. The molecule has 0 bridgehead atoms. The molecule has 1 amide bonds. The van der Waals surface area contributed by atoms with E-state index in [4.69, 9.17) is 21.1 Å². The van der Waals surface area contributed by atoms with E-state index in [2.05, 4.69) is 10.3 Å². The van der Waals surface area contributed by atoms with Crippen molar-refractivity contribution in [2.24, 2.45) is 0 Å². The fourth-order valence-electron chi connectivity index (χ4n) is 3.05. The molecule has 0 fully saturated rings. The smallest absolute Gasteiger partial charge is 0.261 e. The van der Waals surface area contributed by atoms with Crippen molar-refractivity contribution in [1.29, 1.82) is 0 Å². The van der Waals surface area contributed by atoms with Gasteiger partial charge in [-0.3, -0.25) is 9.59 Å². The van der Waals surface area contributed by atoms with E-state index in [0.29, 0.717) is 35.4 Å². The highest BCUT2D eigenvalue weighted by atomic mass is 35.5. The first-order chi connectivity index (χ1) is 14.1. The van der Waals surface area contributed by atoms with Crippen LogP contribution in [0.5, 0.6) is 11.5 Å². The fraction of sp³-hybridized carbons (Fsp3) is 0.182. The molecule has 1 aliphatic heterocycles. The van der Waals surface area contributed by atoms with Gasteiger partial charge in [-0.15, -0.1) is 0 Å². The number of benzene rings is 2. The number of rotatable bonds is 4. The highest BCUT2D eigenvalue weighted by molar-refractivity contribution is 6.30. The van der Waals surface area contributed by atoms with Gasteiger partial charge < -0.3 is 19.8 Å². The van der Waals surface area contributed by atoms with Crippen molar-refractivity contribution in [3.05, 3.63) is 81.1 Å². The Bertz CT molecular complexity index is 1090. The Kier molecular flexibility index (Phi) is 5.53. The molecule has 6 nitrogen and oxygen atoms in total. The summed E-state index contributed by atoms with van der Waals surface area (Å²) in [7, 11) is 0. The summed E-state index contributed by atoms with van der Waals surface area (Å²) >= 11 is 5.89. The van der Waals surface area contributed by atoms with E-state index in [-0.39, 0.29) is 12.1 Å². The van der Waals surface area contributed by atoms with E-state index in [9.17, 15) is 9.59 Å². The number of pyridine rings is 1. The molecule has 2 N–H and O–H groups in total. The molecule has 3 aromatic rings. The first-order valence-corrected chi connectivity index (χ1v) is 9.64. The molecular weight excluding hydrogens is 392 g/mol. The maximum Gasteiger partial charge on any atom is 0.261 e. The molecule has 0 saturated carbocycles. The number of hydrogen-bond donors (Lipinski definition) is 2. The Morgan fingerprint density at radius 2 is 1.76 bits per heavy atom. The molecule has 148 valence electrons. The number of halogens is 1. The van der Waals surface area contributed by atoms with Gasteiger partial charge in [-0.2, -0.15) is 0 Å². The predicted octanol–water partition coefficient (Wildman–Crippen LogP) is 3.79. The van der Waals surface area contributed by atoms with Gasteiger partial charge in [0.25, 0.3) is 11.5 Å². The molecule has 1 aliphatic rings. The van der Waals surface area contributed by atoms with Gasteiger partial charge in [-0.25, -0.2) is 0 Å². The number of carbonyl (C=O) groups excluding carboxylic acids is 1. The Hall–Kier alpha value is -3.25. The van der Waals surface area contributed by atoms with Crippen LogP contribution in [0.1, 0.15) is 22.3 Å². The van der Waals surface area contributed by atoms with Crippen molar-refractivity contribution < 1.29 is 14.3 Å². The van der Waals surface area contributed by atoms with Crippen LogP contribution in [0.2, 0.25) is 5.02 Å². The number of H-pyrrole nitrogens is 1. The van der Waals surface area contributed by atoms with Crippen LogP contribution in [-0.2, 0) is 6.54 Å². The molecule has 0 radical (unpaired) electrons. The van der Waals surface area contributed by atoms with Crippen molar-refractivity contribution in [2.45, 2.75) is 13.0 Å². The maximum absolute atomic E-state index is 12.5. The fourth-order valence-corrected chi connectivity index (χ4v) is 3.17. The van der Waals surface area contributed by atoms with Gasteiger partial charge in [-0.1, -0.05) is 29.8 Å². The molecule has 2 heterocycles. The zero-order valence-corrected chi connectivity index (χ0v) is 16.3. The minimum atomic E-state index is -0.450. The Morgan fingerprint density at radius 3 is 2.52 bits per heavy atom. The summed E-state index contributed by atoms with van der Waals surface area (Å²) in [6.07, 6.45) is 0.829. The van der Waals surface area contributed by atoms with Crippen LogP contribution >= 0.6 is 11.6 Å². The summed E-state index contributed by atoms with van der Waals surface area (Å²) in [5, 5.41) is 3.39. The van der Waals surface area contributed by atoms with Crippen LogP contribution in [-0.4, -0.2) is 24.1 Å². The molecule has 4 rings (SSSR count). The number of amides is 1. The van der Waals surface area contributed by atoms with E-state index < -0.39 is 11.5 Å². The van der Waals surface area contributed by atoms with Crippen LogP contribution in [0.3, 0.4) is 0 Å². The second-order valence-electron chi connectivity index (χ2n) is 6.64. The van der Waals surface area contributed by atoms with Crippen LogP contribution in [0.25, 0.3) is 11.3 Å². The number of aromatic amines is 1. The summed E-state index contributed by atoms with van der Waals surface area (Å²) in [6.45, 7) is 1.49. The van der Waals surface area contributed by atoms with Crippen LogP contribution < -0.4 is 20.3 Å². The monoisotopic (exact) mass is 410 g/mol. The number of aromatic nitrogens is 1. The standard InChI is InChI=1S/C22H19ClN2O4/c23-16-5-3-15(4-6-16)18-8-7-17(22(27)25-18)21(26)24-13-14-2-9-19-20(12-14)29-11-1-10-28-19/h2-9,12H,1,10-11,13H2,(H,24,26)(H,25,27). The molecule has 29 heavy (non-hydrogen) atoms. The SMILES string of the molecule is O=C(NCc1ccc2c(c1)OCCCO2)c1ccc(-c2ccc(Cl)cc2)[nH]c1=O. The Morgan fingerprint density at radius 1 is 1.00 bits per heavy atom. The zero-order chi connectivity index (χ0) is 20.2. The van der Waals surface area contributed by atoms with Crippen LogP contribution in [0.15, 0.2) is 59.4 Å². The lowest BCUT2D eigenvalue weighted by Gasteiger charge is -2.10. The molecular formula is C22H19ClN2O4. The molecule has 1 aromatic heterocycles. The lowest BCUT2D eigenvalue weighted by atomic mass is 10.1. The third-order valence-corrected chi connectivity index (χ3v) is 4.83. The number of fused-ring (bicyclic) bond motifs is 1. The molecule has 0 atom stereocenters. The van der Waals surface area contributed by atoms with Gasteiger partial charge in [0.2, 0.25) is 0 Å². The van der Waals surface area contributed by atoms with Gasteiger partial charge in [0, 0.05) is 23.7 Å². The molecule has 0 unspecified atom stereocenters. The van der Waals surface area contributed by atoms with E-state index in [1.54, 1.807) is 30.3 Å². The highest BCUT2D eigenvalue weighted by Gasteiger charge is 2.14. The molecule has 7 heteroatoms. The van der Waals surface area contributed by atoms with Crippen LogP contribution in [0, 0.1) is 0 Å². The van der Waals surface area contributed by atoms with Crippen molar-refractivity contribution in [3.63, 3.8) is 0 Å². The Balaban J connectivity index is 1.45. The molecule has 0 spiro atoms. The average Bonchev–Trinajstić information content (AvgIpc) is 2.97. The summed E-state index contributed by atoms with van der Waals surface area (Å²) in [4.78, 5) is 27.6. The van der Waals surface area contributed by atoms with E-state index >= 15 is 0 Å². The van der Waals surface area contributed by atoms with Crippen molar-refractivity contribution >= 4 is 17.5 Å². The number of ether oxygens (including phenoxy) is 2. The van der Waals surface area contributed by atoms with E-state index in [1.165, 1.54) is 6.07 Å². The summed E-state index contributed by atoms with van der Waals surface area (Å²) in [5.41, 5.74) is 1.89. The van der Waals surface area contributed by atoms with Gasteiger partial charge in [0.15, 0.2) is 11.5 Å². The molecule has 2 aromatic carbocycles. The van der Waals surface area contributed by atoms with Crippen molar-refractivity contribution in [3.8, 4) is 22.8 Å². The summed E-state index contributed by atoms with van der Waals surface area (Å²) < 4.78 is 11.3. The number of nitrogens with one attached hydrogen (secondary N) is 2. The second kappa shape index (κ2) is 8.41. The highest BCUT2D eigenvalue weighted by Crippen LogP contribution is 2.30. The maximum atomic E-state index is 12.5. The first-order valence-electron chi connectivity index (χ1n) is 9.26. The number of hydrogen-bond acceptors (Lipinski definition) is 4. The van der Waals surface area contributed by atoms with Gasteiger partial charge >= 0.3 is 0 Å². The minimum Gasteiger partial charge on any atom is -0.490 e. The van der Waals surface area contributed by atoms with E-state index in [1.807, 2.05) is 18.2 Å². The minimum absolute atomic E-state index is 0.0528. The largest absolute Gasteiger partial charge is 0.490 e. The first kappa shape index (κ1) is 19.1. The second-order valence-corrected chi connectivity index (χ2v) is 7.07. The Labute approximate surface area is 172 Å². The lowest BCUT2D eigenvalue weighted by Crippen LogP contribution is -2.29. The quantitative estimate of drug-likeness (QED) is 0.685. The normalized spacial score (nSPS) is 12.9. The average molecular weight is 411 g/mol. The topological polar surface area (TPSA) is 80.4 Å². The summed E-state index contributed by atoms with van der Waals surface area (Å²) in [6, 6.07) is 15.8. The summed E-state index contributed by atoms with van der Waals surface area (Å²) in [5.74, 6) is 0.923. The van der Waals surface area contributed by atoms with Crippen molar-refractivity contribution in [1.82, 2.24) is 10.3 Å². The lowest BCUT2D eigenvalue weighted by molar-refractivity contribution is 0.0949. The van der Waals surface area contributed by atoms with Gasteiger partial charge in [-0.05, 0) is 47.5 Å². The third-order valence-electron chi connectivity index (χ3n) is 4.57.